The molecule has 114 valence electrons. The van der Waals surface area contributed by atoms with Crippen molar-refractivity contribution in [1.82, 2.24) is 9.61 Å². The summed E-state index contributed by atoms with van der Waals surface area (Å²) in [6.45, 7) is 7.18. The Labute approximate surface area is 130 Å². The van der Waals surface area contributed by atoms with Gasteiger partial charge in [-0.2, -0.15) is 5.10 Å². The van der Waals surface area contributed by atoms with Crippen LogP contribution in [0.2, 0.25) is 0 Å². The second kappa shape index (κ2) is 5.69. The predicted octanol–water partition coefficient (Wildman–Crippen LogP) is 3.59. The van der Waals surface area contributed by atoms with Gasteiger partial charge in [-0.15, -0.1) is 23.1 Å². The van der Waals surface area contributed by atoms with E-state index in [4.69, 9.17) is 4.74 Å². The van der Waals surface area contributed by atoms with Gasteiger partial charge < -0.3 is 4.74 Å². The van der Waals surface area contributed by atoms with E-state index in [1.54, 1.807) is 32.2 Å². The van der Waals surface area contributed by atoms with E-state index in [0.717, 1.165) is 15.3 Å². The first-order valence-corrected chi connectivity index (χ1v) is 8.32. The molecular weight excluding hydrogens is 310 g/mol. The lowest BCUT2D eigenvalue weighted by Crippen LogP contribution is -2.27. The van der Waals surface area contributed by atoms with Crippen LogP contribution in [-0.2, 0) is 4.74 Å². The maximum absolute atomic E-state index is 11.9. The summed E-state index contributed by atoms with van der Waals surface area (Å²) in [5.74, 6) is 0. The molecule has 0 aliphatic carbocycles. The number of hydrogen-bond donors (Lipinski definition) is 1. The van der Waals surface area contributed by atoms with E-state index in [9.17, 15) is 9.59 Å². The van der Waals surface area contributed by atoms with Crippen LogP contribution in [0.3, 0.4) is 0 Å². The van der Waals surface area contributed by atoms with Crippen molar-refractivity contribution in [2.75, 3.05) is 11.6 Å². The van der Waals surface area contributed by atoms with E-state index < -0.39 is 11.7 Å². The van der Waals surface area contributed by atoms with Gasteiger partial charge in [0.1, 0.15) is 21.8 Å². The van der Waals surface area contributed by atoms with E-state index in [-0.39, 0.29) is 0 Å². The number of hydrogen-bond acceptors (Lipinski definition) is 6. The number of carbonyl (C=O) groups excluding carboxylic acids is 2. The van der Waals surface area contributed by atoms with Gasteiger partial charge in [-0.1, -0.05) is 0 Å². The van der Waals surface area contributed by atoms with Gasteiger partial charge in [-0.25, -0.2) is 9.31 Å². The van der Waals surface area contributed by atoms with Gasteiger partial charge in [0.05, 0.1) is 9.90 Å². The fourth-order valence-corrected chi connectivity index (χ4v) is 3.64. The molecule has 2 heterocycles. The highest BCUT2D eigenvalue weighted by Crippen LogP contribution is 2.35. The van der Waals surface area contributed by atoms with Crippen molar-refractivity contribution in [2.45, 2.75) is 37.5 Å². The molecule has 1 N–H and O–H groups in total. The molecule has 0 atom stereocenters. The third-order valence-corrected chi connectivity index (χ3v) is 4.86. The average Bonchev–Trinajstić information content (AvgIpc) is 2.84. The van der Waals surface area contributed by atoms with Crippen LogP contribution in [0, 0.1) is 6.92 Å². The third-order valence-electron chi connectivity index (χ3n) is 2.57. The van der Waals surface area contributed by atoms with Gasteiger partial charge >= 0.3 is 6.09 Å². The minimum absolute atomic E-state index is 0.503. The second-order valence-electron chi connectivity index (χ2n) is 5.40. The normalized spacial score (nSPS) is 11.7. The smallest absolute Gasteiger partial charge is 0.412 e. The van der Waals surface area contributed by atoms with Crippen LogP contribution in [-0.4, -0.2) is 33.9 Å². The zero-order valence-electron chi connectivity index (χ0n) is 12.5. The first-order chi connectivity index (χ1) is 9.76. The summed E-state index contributed by atoms with van der Waals surface area (Å²) in [6.07, 6.45) is 2.14. The number of aryl methyl sites for hydroxylation is 1. The lowest BCUT2D eigenvalue weighted by Gasteiger charge is -2.19. The summed E-state index contributed by atoms with van der Waals surface area (Å²) in [5.41, 5.74) is 1.15. The van der Waals surface area contributed by atoms with Gasteiger partial charge in [-0.05, 0) is 34.0 Å². The zero-order chi connectivity index (χ0) is 15.8. The highest BCUT2D eigenvalue weighted by atomic mass is 32.2. The molecule has 1 amide bonds. The van der Waals surface area contributed by atoms with Crippen LogP contribution in [0.5, 0.6) is 0 Å². The van der Waals surface area contributed by atoms with Crippen molar-refractivity contribution in [3.8, 4) is 0 Å². The standard InChI is InChI=1S/C13H17N3O3S2/c1-7-9(14-12(18)19-13(2,3)4)10-16(15-7)8(6-17)11(20-5)21-10/h6H,1-5H3,(H,14,18). The molecule has 21 heavy (non-hydrogen) atoms. The number of aldehydes is 1. The quantitative estimate of drug-likeness (QED) is 0.689. The third kappa shape index (κ3) is 3.21. The number of nitrogens with zero attached hydrogens (tertiary/aromatic N) is 2. The molecule has 0 saturated carbocycles. The molecule has 6 nitrogen and oxygen atoms in total. The maximum atomic E-state index is 11.9. The number of thiazole rings is 1. The average molecular weight is 327 g/mol. The fourth-order valence-electron chi connectivity index (χ4n) is 1.78. The first-order valence-electron chi connectivity index (χ1n) is 6.28. The summed E-state index contributed by atoms with van der Waals surface area (Å²) in [7, 11) is 0. The topological polar surface area (TPSA) is 72.7 Å². The monoisotopic (exact) mass is 327 g/mol. The molecule has 0 aliphatic rings. The molecule has 2 aromatic rings. The number of carbonyl (C=O) groups is 2. The number of nitrogens with one attached hydrogen (secondary N) is 1. The van der Waals surface area contributed by atoms with E-state index in [2.05, 4.69) is 10.4 Å². The van der Waals surface area contributed by atoms with Crippen molar-refractivity contribution in [2.24, 2.45) is 0 Å². The summed E-state index contributed by atoms with van der Waals surface area (Å²) >= 11 is 2.89. The Morgan fingerprint density at radius 2 is 2.14 bits per heavy atom. The highest BCUT2D eigenvalue weighted by molar-refractivity contribution is 8.00. The predicted molar refractivity (Wildman–Crippen MR) is 84.8 cm³/mol. The van der Waals surface area contributed by atoms with Gasteiger partial charge in [0, 0.05) is 0 Å². The Kier molecular flexibility index (Phi) is 4.29. The van der Waals surface area contributed by atoms with Crippen molar-refractivity contribution in [3.63, 3.8) is 0 Å². The minimum Gasteiger partial charge on any atom is -0.444 e. The van der Waals surface area contributed by atoms with Crippen molar-refractivity contribution >= 4 is 46.0 Å². The lowest BCUT2D eigenvalue weighted by atomic mass is 10.2. The molecule has 0 spiro atoms. The number of aromatic nitrogens is 2. The maximum Gasteiger partial charge on any atom is 0.412 e. The fraction of sp³-hybridized carbons (Fsp3) is 0.462. The van der Waals surface area contributed by atoms with Gasteiger partial charge in [0.25, 0.3) is 0 Å². The van der Waals surface area contributed by atoms with E-state index in [1.807, 2.05) is 6.26 Å². The number of anilines is 1. The first kappa shape index (κ1) is 15.8. The number of amides is 1. The van der Waals surface area contributed by atoms with Gasteiger partial charge in [-0.3, -0.25) is 10.1 Å². The summed E-state index contributed by atoms with van der Waals surface area (Å²) in [4.78, 5) is 23.9. The molecule has 2 rings (SSSR count). The van der Waals surface area contributed by atoms with Crippen LogP contribution in [0.15, 0.2) is 4.21 Å². The second-order valence-corrected chi connectivity index (χ2v) is 7.47. The number of rotatable bonds is 3. The SMILES string of the molecule is CSc1sc2c(NC(=O)OC(C)(C)C)c(C)nn2c1C=O. The molecule has 2 aromatic heterocycles. The molecule has 0 unspecified atom stereocenters. The molecule has 0 fully saturated rings. The summed E-state index contributed by atoms with van der Waals surface area (Å²) in [6, 6.07) is 0. The molecule has 0 saturated heterocycles. The van der Waals surface area contributed by atoms with E-state index >= 15 is 0 Å². The zero-order valence-corrected chi connectivity index (χ0v) is 14.1. The van der Waals surface area contributed by atoms with Crippen LogP contribution in [0.4, 0.5) is 10.5 Å². The number of fused-ring (bicyclic) bond motifs is 1. The Morgan fingerprint density at radius 1 is 1.48 bits per heavy atom. The highest BCUT2D eigenvalue weighted by Gasteiger charge is 2.22. The molecule has 0 bridgehead atoms. The Morgan fingerprint density at radius 3 is 2.67 bits per heavy atom. The Bertz CT molecular complexity index is 698. The molecular formula is C13H17N3O3S2. The minimum atomic E-state index is -0.571. The molecule has 8 heteroatoms. The largest absolute Gasteiger partial charge is 0.444 e. The molecule has 0 aliphatic heterocycles. The number of thioether (sulfide) groups is 1. The van der Waals surface area contributed by atoms with Crippen LogP contribution in [0.25, 0.3) is 4.83 Å². The van der Waals surface area contributed by atoms with E-state index in [0.29, 0.717) is 17.1 Å². The molecule has 0 radical (unpaired) electrons. The summed E-state index contributed by atoms with van der Waals surface area (Å²) < 4.78 is 7.67. The van der Waals surface area contributed by atoms with Crippen LogP contribution >= 0.6 is 23.1 Å². The Hall–Kier alpha value is -1.54. The number of ether oxygens (including phenoxy) is 1. The van der Waals surface area contributed by atoms with E-state index in [1.165, 1.54) is 23.1 Å². The lowest BCUT2D eigenvalue weighted by molar-refractivity contribution is 0.0636. The van der Waals surface area contributed by atoms with Crippen molar-refractivity contribution in [3.05, 3.63) is 11.4 Å². The molecule has 0 aromatic carbocycles. The van der Waals surface area contributed by atoms with Gasteiger partial charge in [0.2, 0.25) is 0 Å². The van der Waals surface area contributed by atoms with Crippen LogP contribution < -0.4 is 5.32 Å². The summed E-state index contributed by atoms with van der Waals surface area (Å²) in [5, 5.41) is 7.03. The van der Waals surface area contributed by atoms with Crippen molar-refractivity contribution < 1.29 is 14.3 Å². The van der Waals surface area contributed by atoms with Gasteiger partial charge in [0.15, 0.2) is 6.29 Å². The van der Waals surface area contributed by atoms with Crippen LogP contribution in [0.1, 0.15) is 37.0 Å². The van der Waals surface area contributed by atoms with Crippen molar-refractivity contribution in [1.29, 1.82) is 0 Å². The Balaban J connectivity index is 2.40.